The number of rotatable bonds is 0. The molecule has 0 aromatic carbocycles. The van der Waals surface area contributed by atoms with Gasteiger partial charge >= 0.3 is 0 Å². The summed E-state index contributed by atoms with van der Waals surface area (Å²) in [6.45, 7) is 3.41. The second-order valence-corrected chi connectivity index (χ2v) is 1.05. The number of hydrogen-bond donors (Lipinski definition) is 1. The highest BCUT2D eigenvalue weighted by atomic mass is 16.3. The molecule has 0 atom stereocenters. The van der Waals surface area contributed by atoms with E-state index in [1.807, 2.05) is 0 Å². The normalized spacial score (nSPS) is 18.4. The molecule has 1 N–H and O–H groups in total. The standard InChI is InChI=1S/C4H4O/c1-3-2-4(3)5/h2,5H,1H2. The Balaban J connectivity index is 2.69. The van der Waals surface area contributed by atoms with Crippen molar-refractivity contribution in [3.8, 4) is 0 Å². The predicted octanol–water partition coefficient (Wildman–Crippen LogP) is 0.998. The Hall–Kier alpha value is -0.720. The van der Waals surface area contributed by atoms with Gasteiger partial charge in [0, 0.05) is 5.57 Å². The SMILES string of the molecule is C=C1C=C1O. The summed E-state index contributed by atoms with van der Waals surface area (Å²) in [6, 6.07) is 0. The van der Waals surface area contributed by atoms with Crippen molar-refractivity contribution in [2.24, 2.45) is 0 Å². The maximum atomic E-state index is 8.20. The van der Waals surface area contributed by atoms with E-state index in [4.69, 9.17) is 5.11 Å². The summed E-state index contributed by atoms with van der Waals surface area (Å²) < 4.78 is 0. The van der Waals surface area contributed by atoms with Gasteiger partial charge in [0.15, 0.2) is 0 Å². The van der Waals surface area contributed by atoms with Crippen molar-refractivity contribution in [3.63, 3.8) is 0 Å². The summed E-state index contributed by atoms with van der Waals surface area (Å²) in [7, 11) is 0. The minimum absolute atomic E-state index is 0.352. The van der Waals surface area contributed by atoms with E-state index in [1.165, 1.54) is 0 Å². The molecule has 0 radical (unpaired) electrons. The fraction of sp³-hybridized carbons (Fsp3) is 0. The molecule has 5 heavy (non-hydrogen) atoms. The molecule has 1 aliphatic carbocycles. The molecule has 1 nitrogen and oxygen atoms in total. The van der Waals surface area contributed by atoms with Crippen LogP contribution in [0.5, 0.6) is 0 Å². The van der Waals surface area contributed by atoms with Crippen molar-refractivity contribution in [3.05, 3.63) is 24.0 Å². The molecule has 0 fully saturated rings. The van der Waals surface area contributed by atoms with Crippen LogP contribution in [-0.2, 0) is 0 Å². The second-order valence-electron chi connectivity index (χ2n) is 1.05. The van der Waals surface area contributed by atoms with Crippen LogP contribution in [0.25, 0.3) is 0 Å². The van der Waals surface area contributed by atoms with Crippen molar-refractivity contribution in [1.29, 1.82) is 0 Å². The average Bonchev–Trinajstić information content (AvgIpc) is 1.79. The Morgan fingerprint density at radius 1 is 1.80 bits per heavy atom. The van der Waals surface area contributed by atoms with Crippen LogP contribution in [0.3, 0.4) is 0 Å². The molecule has 0 saturated carbocycles. The highest BCUT2D eigenvalue weighted by molar-refractivity contribution is 5.49. The van der Waals surface area contributed by atoms with Crippen LogP contribution in [0.4, 0.5) is 0 Å². The van der Waals surface area contributed by atoms with Gasteiger partial charge in [-0.25, -0.2) is 0 Å². The first kappa shape index (κ1) is 2.51. The van der Waals surface area contributed by atoms with Crippen LogP contribution in [0, 0.1) is 0 Å². The Bertz CT molecular complexity index is 100. The molecule has 1 rings (SSSR count). The van der Waals surface area contributed by atoms with Gasteiger partial charge < -0.3 is 5.11 Å². The van der Waals surface area contributed by atoms with E-state index >= 15 is 0 Å². The maximum absolute atomic E-state index is 8.20. The molecule has 0 bridgehead atoms. The maximum Gasteiger partial charge on any atom is 0.123 e. The lowest BCUT2D eigenvalue weighted by molar-refractivity contribution is 0.450. The first-order valence-electron chi connectivity index (χ1n) is 1.40. The third-order valence-corrected chi connectivity index (χ3v) is 0.557. The Morgan fingerprint density at radius 2 is 2.00 bits per heavy atom. The number of hydrogen-bond acceptors (Lipinski definition) is 1. The average molecular weight is 68.1 g/mol. The first-order valence-corrected chi connectivity index (χ1v) is 1.40. The van der Waals surface area contributed by atoms with Crippen LogP contribution in [0.15, 0.2) is 24.0 Å². The van der Waals surface area contributed by atoms with Crippen molar-refractivity contribution < 1.29 is 5.11 Å². The van der Waals surface area contributed by atoms with E-state index in [-0.39, 0.29) is 0 Å². The summed E-state index contributed by atoms with van der Waals surface area (Å²) >= 11 is 0. The van der Waals surface area contributed by atoms with E-state index in [9.17, 15) is 0 Å². The van der Waals surface area contributed by atoms with Gasteiger partial charge in [0.2, 0.25) is 0 Å². The van der Waals surface area contributed by atoms with Crippen LogP contribution < -0.4 is 0 Å². The monoisotopic (exact) mass is 68.0 g/mol. The molecular weight excluding hydrogens is 64.0 g/mol. The van der Waals surface area contributed by atoms with Crippen molar-refractivity contribution in [2.75, 3.05) is 0 Å². The molecule has 0 spiro atoms. The minimum Gasteiger partial charge on any atom is -0.507 e. The molecule has 0 aromatic rings. The first-order chi connectivity index (χ1) is 2.30. The second kappa shape index (κ2) is 0.432. The minimum atomic E-state index is 0.352. The largest absolute Gasteiger partial charge is 0.507 e. The van der Waals surface area contributed by atoms with Crippen molar-refractivity contribution in [1.82, 2.24) is 0 Å². The van der Waals surface area contributed by atoms with Gasteiger partial charge in [-0.1, -0.05) is 6.58 Å². The third-order valence-electron chi connectivity index (χ3n) is 0.557. The topological polar surface area (TPSA) is 20.2 Å². The van der Waals surface area contributed by atoms with Gasteiger partial charge in [-0.3, -0.25) is 0 Å². The fourth-order valence-corrected chi connectivity index (χ4v) is 0.129. The zero-order chi connectivity index (χ0) is 3.86. The lowest BCUT2D eigenvalue weighted by Gasteiger charge is -1.59. The molecular formula is C4H4O. The van der Waals surface area contributed by atoms with Crippen LogP contribution in [-0.4, -0.2) is 5.11 Å². The summed E-state index contributed by atoms with van der Waals surface area (Å²) in [5.74, 6) is 0.352. The third kappa shape index (κ3) is 0.193. The van der Waals surface area contributed by atoms with Crippen LogP contribution in [0.2, 0.25) is 0 Å². The highest BCUT2D eigenvalue weighted by Gasteiger charge is 2.08. The van der Waals surface area contributed by atoms with Gasteiger partial charge in [0.1, 0.15) is 5.76 Å². The molecule has 1 aliphatic rings. The molecule has 1 heteroatoms. The Labute approximate surface area is 30.2 Å². The van der Waals surface area contributed by atoms with Crippen LogP contribution in [0.1, 0.15) is 0 Å². The zero-order valence-corrected chi connectivity index (χ0v) is 2.73. The van der Waals surface area contributed by atoms with E-state index in [1.54, 1.807) is 6.08 Å². The Morgan fingerprint density at radius 3 is 2.00 bits per heavy atom. The van der Waals surface area contributed by atoms with E-state index in [2.05, 4.69) is 6.58 Å². The summed E-state index contributed by atoms with van der Waals surface area (Å²) in [4.78, 5) is 0. The number of allylic oxidation sites excluding steroid dienone is 2. The van der Waals surface area contributed by atoms with Crippen molar-refractivity contribution >= 4 is 0 Å². The van der Waals surface area contributed by atoms with Crippen molar-refractivity contribution in [2.45, 2.75) is 0 Å². The Kier molecular flexibility index (Phi) is 0.217. The van der Waals surface area contributed by atoms with E-state index < -0.39 is 0 Å². The number of aliphatic hydroxyl groups excluding tert-OH is 1. The summed E-state index contributed by atoms with van der Waals surface area (Å²) in [5.41, 5.74) is 0.769. The quantitative estimate of drug-likeness (QED) is 0.449. The predicted molar refractivity (Wildman–Crippen MR) is 19.9 cm³/mol. The number of aliphatic hydroxyl groups is 1. The highest BCUT2D eigenvalue weighted by Crippen LogP contribution is 2.20. The molecule has 0 aromatic heterocycles. The van der Waals surface area contributed by atoms with Crippen LogP contribution >= 0.6 is 0 Å². The lowest BCUT2D eigenvalue weighted by Crippen LogP contribution is -1.46. The van der Waals surface area contributed by atoms with E-state index in [0.717, 1.165) is 5.57 Å². The van der Waals surface area contributed by atoms with Gasteiger partial charge in [0.05, 0.1) is 0 Å². The van der Waals surface area contributed by atoms with Gasteiger partial charge in [-0.05, 0) is 6.08 Å². The van der Waals surface area contributed by atoms with Gasteiger partial charge in [-0.15, -0.1) is 0 Å². The lowest BCUT2D eigenvalue weighted by atomic mass is 10.6. The fourth-order valence-electron chi connectivity index (χ4n) is 0.129. The van der Waals surface area contributed by atoms with Gasteiger partial charge in [0.25, 0.3) is 0 Å². The molecule has 26 valence electrons. The molecule has 0 unspecified atom stereocenters. The zero-order valence-electron chi connectivity index (χ0n) is 2.73. The smallest absolute Gasteiger partial charge is 0.123 e. The molecule has 0 amide bonds. The summed E-state index contributed by atoms with van der Waals surface area (Å²) in [5, 5.41) is 8.20. The molecule has 0 heterocycles. The van der Waals surface area contributed by atoms with Gasteiger partial charge in [-0.2, -0.15) is 0 Å². The van der Waals surface area contributed by atoms with E-state index in [0.29, 0.717) is 5.76 Å². The molecule has 0 saturated heterocycles. The molecule has 0 aliphatic heterocycles. The summed E-state index contributed by atoms with van der Waals surface area (Å²) in [6.07, 6.45) is 1.61.